The second kappa shape index (κ2) is 4.30. The van der Waals surface area contributed by atoms with E-state index in [2.05, 4.69) is 26.1 Å². The first kappa shape index (κ1) is 11.5. The lowest BCUT2D eigenvalue weighted by Gasteiger charge is -2.39. The van der Waals surface area contributed by atoms with Crippen LogP contribution in [0.5, 0.6) is 0 Å². The lowest BCUT2D eigenvalue weighted by Crippen LogP contribution is -2.52. The fraction of sp³-hybridized carbons (Fsp3) is 0.909. The lowest BCUT2D eigenvalue weighted by atomic mass is 9.75. The third kappa shape index (κ3) is 2.47. The highest BCUT2D eigenvalue weighted by molar-refractivity contribution is 5.73. The van der Waals surface area contributed by atoms with Crippen molar-refractivity contribution in [1.82, 2.24) is 5.32 Å². The van der Waals surface area contributed by atoms with Crippen LogP contribution in [-0.2, 0) is 9.53 Å². The Balaban J connectivity index is 2.74. The van der Waals surface area contributed by atoms with E-state index in [1.54, 1.807) is 0 Å². The van der Waals surface area contributed by atoms with Crippen LogP contribution in [0.15, 0.2) is 0 Å². The van der Waals surface area contributed by atoms with Crippen LogP contribution in [0.25, 0.3) is 0 Å². The zero-order chi connectivity index (χ0) is 10.8. The van der Waals surface area contributed by atoms with Crippen LogP contribution in [0.4, 0.5) is 0 Å². The summed E-state index contributed by atoms with van der Waals surface area (Å²) in [6.07, 6.45) is 2.01. The first-order chi connectivity index (χ1) is 6.46. The van der Waals surface area contributed by atoms with Gasteiger partial charge in [-0.15, -0.1) is 0 Å². The first-order valence-corrected chi connectivity index (χ1v) is 5.28. The van der Waals surface area contributed by atoms with Gasteiger partial charge in [-0.2, -0.15) is 0 Å². The van der Waals surface area contributed by atoms with E-state index >= 15 is 0 Å². The van der Waals surface area contributed by atoms with Gasteiger partial charge in [-0.25, -0.2) is 0 Å². The van der Waals surface area contributed by atoms with Crippen LogP contribution in [0, 0.1) is 11.3 Å². The molecule has 3 nitrogen and oxygen atoms in total. The standard InChI is InChI=1S/C11H21NO2/c1-11(2,3)9-8(10(13)14-4)6-5-7-12-9/h8-9,12H,5-7H2,1-4H3. The highest BCUT2D eigenvalue weighted by atomic mass is 16.5. The van der Waals surface area contributed by atoms with E-state index in [0.29, 0.717) is 0 Å². The van der Waals surface area contributed by atoms with Gasteiger partial charge in [-0.05, 0) is 24.8 Å². The molecule has 0 aromatic heterocycles. The van der Waals surface area contributed by atoms with Crippen LogP contribution in [-0.4, -0.2) is 25.7 Å². The van der Waals surface area contributed by atoms with Gasteiger partial charge < -0.3 is 10.1 Å². The molecule has 0 spiro atoms. The van der Waals surface area contributed by atoms with E-state index < -0.39 is 0 Å². The molecule has 0 aromatic rings. The summed E-state index contributed by atoms with van der Waals surface area (Å²) in [5, 5.41) is 3.42. The SMILES string of the molecule is COC(=O)C1CCCNC1C(C)(C)C. The van der Waals surface area contributed by atoms with Crippen molar-refractivity contribution in [3.8, 4) is 0 Å². The number of rotatable bonds is 1. The molecule has 1 heterocycles. The van der Waals surface area contributed by atoms with Crippen molar-refractivity contribution in [2.75, 3.05) is 13.7 Å². The van der Waals surface area contributed by atoms with Crippen LogP contribution in [0.2, 0.25) is 0 Å². The van der Waals surface area contributed by atoms with Crippen LogP contribution >= 0.6 is 0 Å². The third-order valence-corrected chi connectivity index (χ3v) is 2.90. The van der Waals surface area contributed by atoms with Crippen molar-refractivity contribution in [3.63, 3.8) is 0 Å². The molecule has 2 unspecified atom stereocenters. The van der Waals surface area contributed by atoms with E-state index in [4.69, 9.17) is 4.74 Å². The number of hydrogen-bond acceptors (Lipinski definition) is 3. The number of nitrogens with one attached hydrogen (secondary N) is 1. The van der Waals surface area contributed by atoms with Gasteiger partial charge in [0.25, 0.3) is 0 Å². The number of carbonyl (C=O) groups is 1. The normalized spacial score (nSPS) is 28.6. The maximum atomic E-state index is 11.6. The number of piperidine rings is 1. The van der Waals surface area contributed by atoms with E-state index in [0.717, 1.165) is 19.4 Å². The molecule has 1 fully saturated rings. The minimum Gasteiger partial charge on any atom is -0.469 e. The third-order valence-electron chi connectivity index (χ3n) is 2.90. The van der Waals surface area contributed by atoms with Crippen LogP contribution in [0.3, 0.4) is 0 Å². The van der Waals surface area contributed by atoms with Gasteiger partial charge in [0.15, 0.2) is 0 Å². The molecule has 3 heteroatoms. The van der Waals surface area contributed by atoms with Crippen molar-refractivity contribution in [2.45, 2.75) is 39.7 Å². The van der Waals surface area contributed by atoms with E-state index in [1.165, 1.54) is 7.11 Å². The molecule has 1 saturated heterocycles. The number of esters is 1. The predicted octanol–water partition coefficient (Wildman–Crippen LogP) is 1.57. The highest BCUT2D eigenvalue weighted by Gasteiger charge is 2.38. The van der Waals surface area contributed by atoms with Crippen molar-refractivity contribution < 1.29 is 9.53 Å². The molecule has 2 atom stereocenters. The molecule has 82 valence electrons. The van der Waals surface area contributed by atoms with Crippen molar-refractivity contribution >= 4 is 5.97 Å². The molecule has 1 rings (SSSR count). The summed E-state index contributed by atoms with van der Waals surface area (Å²) in [5.41, 5.74) is 0.110. The molecule has 1 aliphatic heterocycles. The van der Waals surface area contributed by atoms with Crippen molar-refractivity contribution in [3.05, 3.63) is 0 Å². The summed E-state index contributed by atoms with van der Waals surface area (Å²) < 4.78 is 4.84. The maximum Gasteiger partial charge on any atom is 0.310 e. The molecule has 1 N–H and O–H groups in total. The average Bonchev–Trinajstić information content (AvgIpc) is 2.15. The molecule has 0 bridgehead atoms. The smallest absolute Gasteiger partial charge is 0.310 e. The minimum absolute atomic E-state index is 0.0220. The molecule has 0 saturated carbocycles. The Morgan fingerprint density at radius 2 is 2.07 bits per heavy atom. The van der Waals surface area contributed by atoms with Gasteiger partial charge in [0.1, 0.15) is 0 Å². The predicted molar refractivity (Wildman–Crippen MR) is 56.0 cm³/mol. The zero-order valence-corrected chi connectivity index (χ0v) is 9.59. The van der Waals surface area contributed by atoms with E-state index in [9.17, 15) is 4.79 Å². The summed E-state index contributed by atoms with van der Waals surface area (Å²) in [6.45, 7) is 7.49. The Bertz CT molecular complexity index is 208. The Morgan fingerprint density at radius 1 is 1.43 bits per heavy atom. The summed E-state index contributed by atoms with van der Waals surface area (Å²) in [6, 6.07) is 0.240. The maximum absolute atomic E-state index is 11.6. The summed E-state index contributed by atoms with van der Waals surface area (Å²) in [7, 11) is 1.47. The molecular weight excluding hydrogens is 178 g/mol. The minimum atomic E-state index is -0.0721. The highest BCUT2D eigenvalue weighted by Crippen LogP contribution is 2.31. The summed E-state index contributed by atoms with van der Waals surface area (Å²) in [4.78, 5) is 11.6. The largest absolute Gasteiger partial charge is 0.469 e. The Hall–Kier alpha value is -0.570. The van der Waals surface area contributed by atoms with Crippen LogP contribution < -0.4 is 5.32 Å². The number of carbonyl (C=O) groups excluding carboxylic acids is 1. The van der Waals surface area contributed by atoms with Crippen molar-refractivity contribution in [2.24, 2.45) is 11.3 Å². The molecule has 0 aliphatic carbocycles. The second-order valence-corrected chi connectivity index (χ2v) is 5.07. The molecule has 1 aliphatic rings. The van der Waals surface area contributed by atoms with Crippen LogP contribution in [0.1, 0.15) is 33.6 Å². The number of methoxy groups -OCH3 is 1. The number of ether oxygens (including phenoxy) is 1. The number of hydrogen-bond donors (Lipinski definition) is 1. The molecule has 14 heavy (non-hydrogen) atoms. The second-order valence-electron chi connectivity index (χ2n) is 5.07. The van der Waals surface area contributed by atoms with Gasteiger partial charge in [0.2, 0.25) is 0 Å². The fourth-order valence-electron chi connectivity index (χ4n) is 2.20. The molecule has 0 amide bonds. The topological polar surface area (TPSA) is 38.3 Å². The Kier molecular flexibility index (Phi) is 3.53. The van der Waals surface area contributed by atoms with Gasteiger partial charge in [-0.3, -0.25) is 4.79 Å². The summed E-state index contributed by atoms with van der Waals surface area (Å²) in [5.74, 6) is -0.0501. The molecule has 0 aromatic carbocycles. The van der Waals surface area contributed by atoms with Gasteiger partial charge >= 0.3 is 5.97 Å². The molecular formula is C11H21NO2. The van der Waals surface area contributed by atoms with Gasteiger partial charge in [-0.1, -0.05) is 20.8 Å². The van der Waals surface area contributed by atoms with E-state index in [-0.39, 0.29) is 23.3 Å². The van der Waals surface area contributed by atoms with Crippen molar-refractivity contribution in [1.29, 1.82) is 0 Å². The summed E-state index contributed by atoms with van der Waals surface area (Å²) >= 11 is 0. The van der Waals surface area contributed by atoms with Gasteiger partial charge in [0, 0.05) is 6.04 Å². The quantitative estimate of drug-likeness (QED) is 0.651. The van der Waals surface area contributed by atoms with Gasteiger partial charge in [0.05, 0.1) is 13.0 Å². The monoisotopic (exact) mass is 199 g/mol. The zero-order valence-electron chi connectivity index (χ0n) is 9.59. The Morgan fingerprint density at radius 3 is 2.57 bits per heavy atom. The molecule has 0 radical (unpaired) electrons. The average molecular weight is 199 g/mol. The lowest BCUT2D eigenvalue weighted by molar-refractivity contribution is -0.148. The van der Waals surface area contributed by atoms with E-state index in [1.807, 2.05) is 0 Å². The first-order valence-electron chi connectivity index (χ1n) is 5.28. The Labute approximate surface area is 86.2 Å². The fourth-order valence-corrected chi connectivity index (χ4v) is 2.20.